The lowest BCUT2D eigenvalue weighted by atomic mass is 10.4. The molecule has 14 heavy (non-hydrogen) atoms. The summed E-state index contributed by atoms with van der Waals surface area (Å²) in [7, 11) is -3.87. The number of rotatable bonds is 0. The molecular weight excluding hydrogens is 230 g/mol. The summed E-state index contributed by atoms with van der Waals surface area (Å²) in [4.78, 5) is 14.3. The Morgan fingerprint density at radius 2 is 2.14 bits per heavy atom. The molecule has 2 aliphatic rings. The number of nitrogens with zero attached hydrogens (tertiary/aromatic N) is 2. The van der Waals surface area contributed by atoms with E-state index in [2.05, 4.69) is 4.99 Å². The Kier molecular flexibility index (Phi) is 1.86. The molecular formula is C6H4ClN3O3S. The molecule has 0 spiro atoms. The second kappa shape index (κ2) is 2.82. The van der Waals surface area contributed by atoms with Gasteiger partial charge in [0.1, 0.15) is 0 Å². The van der Waals surface area contributed by atoms with Crippen LogP contribution in [0.25, 0.3) is 0 Å². The SMILES string of the molecule is O=C1N=C2C=CC(Cl)=CN2S(=O)(=O)N1. The van der Waals surface area contributed by atoms with Crippen molar-refractivity contribution in [2.45, 2.75) is 0 Å². The standard InChI is InChI=1S/C6H4ClN3O3S/c7-4-1-2-5-8-6(11)9-14(12,13)10(5)3-4/h1-3H,(H,9,11). The zero-order valence-corrected chi connectivity index (χ0v) is 8.21. The van der Waals surface area contributed by atoms with Crippen molar-refractivity contribution in [1.82, 2.24) is 9.03 Å². The van der Waals surface area contributed by atoms with Gasteiger partial charge in [-0.2, -0.15) is 13.4 Å². The molecule has 0 unspecified atom stereocenters. The van der Waals surface area contributed by atoms with Crippen LogP contribution in [0, 0.1) is 0 Å². The minimum atomic E-state index is -3.87. The molecule has 0 fully saturated rings. The van der Waals surface area contributed by atoms with Crippen molar-refractivity contribution in [2.24, 2.45) is 4.99 Å². The molecule has 0 aromatic carbocycles. The normalized spacial score (nSPS) is 23.5. The van der Waals surface area contributed by atoms with Crippen LogP contribution in [0.5, 0.6) is 0 Å². The highest BCUT2D eigenvalue weighted by atomic mass is 35.5. The third-order valence-electron chi connectivity index (χ3n) is 1.55. The number of carbonyl (C=O) groups is 1. The van der Waals surface area contributed by atoms with Crippen molar-refractivity contribution >= 4 is 33.7 Å². The maximum atomic E-state index is 11.3. The van der Waals surface area contributed by atoms with Crippen LogP contribution in [-0.2, 0) is 10.2 Å². The van der Waals surface area contributed by atoms with Gasteiger partial charge >= 0.3 is 16.2 Å². The minimum absolute atomic E-state index is 0.0261. The van der Waals surface area contributed by atoms with E-state index in [1.54, 1.807) is 4.72 Å². The number of amides is 2. The first-order valence-corrected chi connectivity index (χ1v) is 5.31. The summed E-state index contributed by atoms with van der Waals surface area (Å²) in [6, 6.07) is -0.910. The molecule has 0 aliphatic carbocycles. The second-order valence-corrected chi connectivity index (χ2v) is 4.51. The molecule has 0 saturated carbocycles. The van der Waals surface area contributed by atoms with Gasteiger partial charge in [-0.15, -0.1) is 0 Å². The number of nitrogens with one attached hydrogen (secondary N) is 1. The van der Waals surface area contributed by atoms with Crippen molar-refractivity contribution in [3.8, 4) is 0 Å². The summed E-state index contributed by atoms with van der Waals surface area (Å²) < 4.78 is 25.2. The fourth-order valence-corrected chi connectivity index (χ4v) is 2.20. The average Bonchev–Trinajstić information content (AvgIpc) is 2.05. The third kappa shape index (κ3) is 1.40. The van der Waals surface area contributed by atoms with Gasteiger partial charge in [-0.05, 0) is 12.2 Å². The molecule has 74 valence electrons. The van der Waals surface area contributed by atoms with E-state index in [1.807, 2.05) is 0 Å². The fourth-order valence-electron chi connectivity index (χ4n) is 1.01. The zero-order chi connectivity index (χ0) is 10.3. The molecule has 0 saturated heterocycles. The largest absolute Gasteiger partial charge is 0.357 e. The highest BCUT2D eigenvalue weighted by Crippen LogP contribution is 2.18. The maximum Gasteiger partial charge on any atom is 0.357 e. The monoisotopic (exact) mass is 233 g/mol. The van der Waals surface area contributed by atoms with Gasteiger partial charge in [-0.1, -0.05) is 11.6 Å². The van der Waals surface area contributed by atoms with Crippen LogP contribution >= 0.6 is 11.6 Å². The van der Waals surface area contributed by atoms with E-state index in [0.29, 0.717) is 0 Å². The van der Waals surface area contributed by atoms with Crippen LogP contribution in [0.1, 0.15) is 0 Å². The lowest BCUT2D eigenvalue weighted by molar-refractivity contribution is 0.252. The molecule has 6 nitrogen and oxygen atoms in total. The summed E-state index contributed by atoms with van der Waals surface area (Å²) in [5, 5.41) is 0.240. The Morgan fingerprint density at radius 1 is 1.43 bits per heavy atom. The second-order valence-electron chi connectivity index (χ2n) is 2.53. The van der Waals surface area contributed by atoms with E-state index in [1.165, 1.54) is 12.2 Å². The van der Waals surface area contributed by atoms with Crippen LogP contribution in [0.3, 0.4) is 0 Å². The lowest BCUT2D eigenvalue weighted by Gasteiger charge is -2.25. The first-order valence-electron chi connectivity index (χ1n) is 3.49. The van der Waals surface area contributed by atoms with Crippen LogP contribution in [0.15, 0.2) is 28.4 Å². The van der Waals surface area contributed by atoms with Crippen molar-refractivity contribution in [2.75, 3.05) is 0 Å². The van der Waals surface area contributed by atoms with Gasteiger partial charge in [0, 0.05) is 6.20 Å². The predicted octanol–water partition coefficient (Wildman–Crippen LogP) is 0.305. The van der Waals surface area contributed by atoms with Gasteiger partial charge in [0.05, 0.1) is 5.03 Å². The molecule has 2 aliphatic heterocycles. The van der Waals surface area contributed by atoms with Crippen molar-refractivity contribution in [3.63, 3.8) is 0 Å². The molecule has 1 N–H and O–H groups in total. The first kappa shape index (κ1) is 9.22. The van der Waals surface area contributed by atoms with Gasteiger partial charge in [0.15, 0.2) is 5.84 Å². The number of fused-ring (bicyclic) bond motifs is 1. The van der Waals surface area contributed by atoms with Crippen molar-refractivity contribution < 1.29 is 13.2 Å². The number of halogens is 1. The average molecular weight is 234 g/mol. The smallest absolute Gasteiger partial charge is 0.245 e. The number of aliphatic imine (C=N–C) groups is 1. The Labute approximate surface area is 84.7 Å². The topological polar surface area (TPSA) is 78.8 Å². The summed E-state index contributed by atoms with van der Waals surface area (Å²) in [5.74, 6) is 0.0261. The number of hydrogen-bond donors (Lipinski definition) is 1. The molecule has 2 rings (SSSR count). The zero-order valence-electron chi connectivity index (χ0n) is 6.64. The molecule has 0 aromatic heterocycles. The predicted molar refractivity (Wildman–Crippen MR) is 49.8 cm³/mol. The van der Waals surface area contributed by atoms with Crippen LogP contribution in [0.2, 0.25) is 0 Å². The lowest BCUT2D eigenvalue weighted by Crippen LogP contribution is -2.47. The quantitative estimate of drug-likeness (QED) is 0.654. The van der Waals surface area contributed by atoms with Gasteiger partial charge in [0.2, 0.25) is 0 Å². The van der Waals surface area contributed by atoms with E-state index < -0.39 is 16.2 Å². The minimum Gasteiger partial charge on any atom is -0.245 e. The van der Waals surface area contributed by atoms with Crippen LogP contribution < -0.4 is 4.72 Å². The van der Waals surface area contributed by atoms with E-state index in [-0.39, 0.29) is 10.9 Å². The summed E-state index contributed by atoms with van der Waals surface area (Å²) in [6.45, 7) is 0. The van der Waals surface area contributed by atoms with Gasteiger partial charge in [-0.3, -0.25) is 0 Å². The number of urea groups is 1. The Balaban J connectivity index is 2.57. The van der Waals surface area contributed by atoms with Gasteiger partial charge in [0.25, 0.3) is 0 Å². The number of hydrogen-bond acceptors (Lipinski definition) is 3. The summed E-state index contributed by atoms with van der Waals surface area (Å²) >= 11 is 5.60. The number of amidine groups is 1. The van der Waals surface area contributed by atoms with Gasteiger partial charge < -0.3 is 0 Å². The van der Waals surface area contributed by atoms with E-state index in [4.69, 9.17) is 11.6 Å². The Hall–Kier alpha value is -1.34. The highest BCUT2D eigenvalue weighted by molar-refractivity contribution is 7.88. The van der Waals surface area contributed by atoms with Crippen LogP contribution in [0.4, 0.5) is 4.79 Å². The Morgan fingerprint density at radius 3 is 2.86 bits per heavy atom. The molecule has 0 atom stereocenters. The molecule has 0 bridgehead atoms. The van der Waals surface area contributed by atoms with Crippen molar-refractivity contribution in [1.29, 1.82) is 0 Å². The van der Waals surface area contributed by atoms with E-state index >= 15 is 0 Å². The van der Waals surface area contributed by atoms with Crippen molar-refractivity contribution in [3.05, 3.63) is 23.4 Å². The number of allylic oxidation sites excluding steroid dienone is 2. The first-order chi connectivity index (χ1) is 6.49. The van der Waals surface area contributed by atoms with Crippen LogP contribution in [-0.4, -0.2) is 24.6 Å². The maximum absolute atomic E-state index is 11.3. The Bertz CT molecular complexity index is 490. The molecule has 0 aromatic rings. The molecule has 2 heterocycles. The summed E-state index contributed by atoms with van der Waals surface area (Å²) in [6.07, 6.45) is 3.96. The van der Waals surface area contributed by atoms with Gasteiger partial charge in [-0.25, -0.2) is 13.8 Å². The van der Waals surface area contributed by atoms with E-state index in [9.17, 15) is 13.2 Å². The summed E-state index contributed by atoms with van der Waals surface area (Å²) in [5.41, 5.74) is 0. The number of carbonyl (C=O) groups excluding carboxylic acids is 1. The fraction of sp³-hybridized carbons (Fsp3) is 0. The third-order valence-corrected chi connectivity index (χ3v) is 3.02. The molecule has 0 radical (unpaired) electrons. The molecule has 2 amide bonds. The molecule has 8 heteroatoms. The highest BCUT2D eigenvalue weighted by Gasteiger charge is 2.31. The van der Waals surface area contributed by atoms with E-state index in [0.717, 1.165) is 10.5 Å².